The van der Waals surface area contributed by atoms with Gasteiger partial charge in [0.2, 0.25) is 0 Å². The minimum Gasteiger partial charge on any atom is -0.493 e. The first-order valence-electron chi connectivity index (χ1n) is 6.30. The molecule has 0 radical (unpaired) electrons. The van der Waals surface area contributed by atoms with E-state index < -0.39 is 0 Å². The van der Waals surface area contributed by atoms with Crippen molar-refractivity contribution in [1.82, 2.24) is 4.98 Å². The number of pyridine rings is 1. The quantitative estimate of drug-likeness (QED) is 0.831. The first-order valence-corrected chi connectivity index (χ1v) is 7.09. The first kappa shape index (κ1) is 14.0. The SMILES string of the molecule is NCc1ccc(Br)cc1OCCCc1ccncc1. The highest BCUT2D eigenvalue weighted by molar-refractivity contribution is 9.10. The van der Waals surface area contributed by atoms with Crippen LogP contribution in [0.3, 0.4) is 0 Å². The third-order valence-corrected chi connectivity index (χ3v) is 3.36. The predicted octanol–water partition coefficient (Wildman–Crippen LogP) is 3.31. The number of hydrogen-bond donors (Lipinski definition) is 1. The summed E-state index contributed by atoms with van der Waals surface area (Å²) in [5.74, 6) is 0.867. The Morgan fingerprint density at radius 3 is 2.68 bits per heavy atom. The van der Waals surface area contributed by atoms with Crippen LogP contribution in [0.15, 0.2) is 47.2 Å². The molecule has 100 valence electrons. The molecule has 2 rings (SSSR count). The van der Waals surface area contributed by atoms with Gasteiger partial charge in [-0.25, -0.2) is 0 Å². The lowest BCUT2D eigenvalue weighted by atomic mass is 10.1. The van der Waals surface area contributed by atoms with Gasteiger partial charge < -0.3 is 10.5 Å². The van der Waals surface area contributed by atoms with Crippen LogP contribution in [-0.2, 0) is 13.0 Å². The van der Waals surface area contributed by atoms with Gasteiger partial charge in [-0.15, -0.1) is 0 Å². The first-order chi connectivity index (χ1) is 9.29. The second-order valence-corrected chi connectivity index (χ2v) is 5.18. The zero-order chi connectivity index (χ0) is 13.5. The number of aromatic nitrogens is 1. The van der Waals surface area contributed by atoms with Gasteiger partial charge in [0.25, 0.3) is 0 Å². The van der Waals surface area contributed by atoms with Crippen molar-refractivity contribution in [3.8, 4) is 5.75 Å². The van der Waals surface area contributed by atoms with Crippen LogP contribution in [0.2, 0.25) is 0 Å². The largest absolute Gasteiger partial charge is 0.493 e. The van der Waals surface area contributed by atoms with E-state index in [0.29, 0.717) is 13.2 Å². The van der Waals surface area contributed by atoms with Crippen molar-refractivity contribution in [3.05, 3.63) is 58.3 Å². The van der Waals surface area contributed by atoms with E-state index in [9.17, 15) is 0 Å². The van der Waals surface area contributed by atoms with Crippen molar-refractivity contribution in [2.75, 3.05) is 6.61 Å². The molecular weight excluding hydrogens is 304 g/mol. The molecule has 0 saturated carbocycles. The Hall–Kier alpha value is -1.39. The van der Waals surface area contributed by atoms with Gasteiger partial charge in [-0.3, -0.25) is 4.98 Å². The van der Waals surface area contributed by atoms with E-state index in [2.05, 4.69) is 20.9 Å². The number of aryl methyl sites for hydroxylation is 1. The van der Waals surface area contributed by atoms with Crippen LogP contribution in [0.5, 0.6) is 5.75 Å². The highest BCUT2D eigenvalue weighted by atomic mass is 79.9. The van der Waals surface area contributed by atoms with Crippen LogP contribution in [0.25, 0.3) is 0 Å². The molecular formula is C15H17BrN2O. The number of nitrogens with two attached hydrogens (primary N) is 1. The molecule has 0 atom stereocenters. The molecule has 0 aliphatic heterocycles. The Morgan fingerprint density at radius 2 is 1.95 bits per heavy atom. The van der Waals surface area contributed by atoms with E-state index in [0.717, 1.165) is 28.6 Å². The smallest absolute Gasteiger partial charge is 0.124 e. The molecule has 19 heavy (non-hydrogen) atoms. The van der Waals surface area contributed by atoms with Crippen LogP contribution < -0.4 is 10.5 Å². The summed E-state index contributed by atoms with van der Waals surface area (Å²) >= 11 is 3.44. The number of halogens is 1. The molecule has 4 heteroatoms. The summed E-state index contributed by atoms with van der Waals surface area (Å²) in [5, 5.41) is 0. The second-order valence-electron chi connectivity index (χ2n) is 4.26. The maximum absolute atomic E-state index is 5.80. The number of rotatable bonds is 6. The lowest BCUT2D eigenvalue weighted by Gasteiger charge is -2.10. The van der Waals surface area contributed by atoms with E-state index in [4.69, 9.17) is 10.5 Å². The average Bonchev–Trinajstić information content (AvgIpc) is 2.45. The highest BCUT2D eigenvalue weighted by Gasteiger charge is 2.03. The van der Waals surface area contributed by atoms with Crippen molar-refractivity contribution in [3.63, 3.8) is 0 Å². The Bertz CT molecular complexity index is 517. The summed E-state index contributed by atoms with van der Waals surface area (Å²) in [4.78, 5) is 4.00. The Kier molecular flexibility index (Phi) is 5.36. The molecule has 1 aromatic heterocycles. The molecule has 3 nitrogen and oxygen atoms in total. The van der Waals surface area contributed by atoms with Crippen LogP contribution in [0.1, 0.15) is 17.5 Å². The molecule has 2 aromatic rings. The summed E-state index contributed by atoms with van der Waals surface area (Å²) in [6, 6.07) is 10.00. The Morgan fingerprint density at radius 1 is 1.16 bits per heavy atom. The number of hydrogen-bond acceptors (Lipinski definition) is 3. The lowest BCUT2D eigenvalue weighted by molar-refractivity contribution is 0.308. The number of nitrogens with zero attached hydrogens (tertiary/aromatic N) is 1. The molecule has 1 aromatic carbocycles. The summed E-state index contributed by atoms with van der Waals surface area (Å²) < 4.78 is 6.81. The van der Waals surface area contributed by atoms with Crippen molar-refractivity contribution < 1.29 is 4.74 Å². The topological polar surface area (TPSA) is 48.1 Å². The van der Waals surface area contributed by atoms with Gasteiger partial charge >= 0.3 is 0 Å². The normalized spacial score (nSPS) is 10.4. The van der Waals surface area contributed by atoms with Gasteiger partial charge in [0.15, 0.2) is 0 Å². The lowest BCUT2D eigenvalue weighted by Crippen LogP contribution is -2.04. The second kappa shape index (κ2) is 7.26. The van der Waals surface area contributed by atoms with Gasteiger partial charge in [-0.1, -0.05) is 22.0 Å². The molecule has 0 unspecified atom stereocenters. The van der Waals surface area contributed by atoms with E-state index in [-0.39, 0.29) is 0 Å². The number of benzene rings is 1. The maximum Gasteiger partial charge on any atom is 0.124 e. The van der Waals surface area contributed by atoms with Crippen LogP contribution in [0, 0.1) is 0 Å². The Labute approximate surface area is 121 Å². The summed E-state index contributed by atoms with van der Waals surface area (Å²) in [7, 11) is 0. The fraction of sp³-hybridized carbons (Fsp3) is 0.267. The predicted molar refractivity (Wildman–Crippen MR) is 80.1 cm³/mol. The molecule has 2 N–H and O–H groups in total. The molecule has 1 heterocycles. The van der Waals surface area contributed by atoms with E-state index in [1.807, 2.05) is 42.7 Å². The van der Waals surface area contributed by atoms with E-state index >= 15 is 0 Å². The van der Waals surface area contributed by atoms with Crippen molar-refractivity contribution in [1.29, 1.82) is 0 Å². The van der Waals surface area contributed by atoms with E-state index in [1.165, 1.54) is 5.56 Å². The van der Waals surface area contributed by atoms with Crippen LogP contribution >= 0.6 is 15.9 Å². The standard InChI is InChI=1S/C15H17BrN2O/c16-14-4-3-13(11-17)15(10-14)19-9-1-2-12-5-7-18-8-6-12/h3-8,10H,1-2,9,11,17H2. The van der Waals surface area contributed by atoms with Crippen molar-refractivity contribution >= 4 is 15.9 Å². The van der Waals surface area contributed by atoms with Crippen molar-refractivity contribution in [2.45, 2.75) is 19.4 Å². The Balaban J connectivity index is 1.84. The molecule has 0 aliphatic rings. The highest BCUT2D eigenvalue weighted by Crippen LogP contribution is 2.23. The molecule has 0 saturated heterocycles. The number of ether oxygens (including phenoxy) is 1. The molecule has 0 aliphatic carbocycles. The zero-order valence-corrected chi connectivity index (χ0v) is 12.3. The zero-order valence-electron chi connectivity index (χ0n) is 10.7. The minimum atomic E-state index is 0.493. The van der Waals surface area contributed by atoms with Gasteiger partial charge in [0, 0.05) is 29.0 Å². The van der Waals surface area contributed by atoms with Crippen LogP contribution in [-0.4, -0.2) is 11.6 Å². The van der Waals surface area contributed by atoms with Gasteiger partial charge in [0.05, 0.1) is 6.61 Å². The molecule has 0 bridgehead atoms. The average molecular weight is 321 g/mol. The van der Waals surface area contributed by atoms with Gasteiger partial charge in [-0.2, -0.15) is 0 Å². The van der Waals surface area contributed by atoms with Crippen molar-refractivity contribution in [2.24, 2.45) is 5.73 Å². The monoisotopic (exact) mass is 320 g/mol. The third-order valence-electron chi connectivity index (χ3n) is 2.87. The van der Waals surface area contributed by atoms with Crippen LogP contribution in [0.4, 0.5) is 0 Å². The molecule has 0 amide bonds. The summed E-state index contributed by atoms with van der Waals surface area (Å²) in [6.07, 6.45) is 5.60. The fourth-order valence-corrected chi connectivity index (χ4v) is 2.18. The van der Waals surface area contributed by atoms with E-state index in [1.54, 1.807) is 0 Å². The van der Waals surface area contributed by atoms with Gasteiger partial charge in [0.1, 0.15) is 5.75 Å². The fourth-order valence-electron chi connectivity index (χ4n) is 1.84. The molecule has 0 fully saturated rings. The summed E-state index contributed by atoms with van der Waals surface area (Å²) in [6.45, 7) is 1.18. The van der Waals surface area contributed by atoms with Gasteiger partial charge in [-0.05, 0) is 42.7 Å². The third kappa shape index (κ3) is 4.33. The summed E-state index contributed by atoms with van der Waals surface area (Å²) in [5.41, 5.74) is 8.01. The minimum absolute atomic E-state index is 0.493. The molecule has 0 spiro atoms. The maximum atomic E-state index is 5.80.